The molecule has 0 spiro atoms. The molecule has 0 bridgehead atoms. The molecule has 7 aromatic rings. The highest BCUT2D eigenvalue weighted by Crippen LogP contribution is 2.35. The highest BCUT2D eigenvalue weighted by molar-refractivity contribution is 14.1. The van der Waals surface area contributed by atoms with E-state index in [0.29, 0.717) is 33.9 Å². The van der Waals surface area contributed by atoms with Gasteiger partial charge in [0.15, 0.2) is 6.61 Å². The lowest BCUT2D eigenvalue weighted by Gasteiger charge is -2.16. The zero-order valence-electron chi connectivity index (χ0n) is 43.9. The van der Waals surface area contributed by atoms with Gasteiger partial charge in [-0.1, -0.05) is 73.7 Å². The van der Waals surface area contributed by atoms with E-state index in [9.17, 15) is 62.9 Å². The first-order valence-corrected chi connectivity index (χ1v) is 25.8. The van der Waals surface area contributed by atoms with Gasteiger partial charge in [-0.25, -0.2) is 27.6 Å². The smallest absolute Gasteiger partial charge is 0.343 e. The minimum atomic E-state index is -3.77. The summed E-state index contributed by atoms with van der Waals surface area (Å²) >= 11 is 1.71. The van der Waals surface area contributed by atoms with Gasteiger partial charge >= 0.3 is 35.5 Å². The Hall–Kier alpha value is -9.63. The van der Waals surface area contributed by atoms with Crippen LogP contribution in [-0.2, 0) is 26.0 Å². The second-order valence-corrected chi connectivity index (χ2v) is 19.6. The van der Waals surface area contributed by atoms with Gasteiger partial charge in [-0.15, -0.1) is 0 Å². The fraction of sp³-hybridized carbons (Fsp3) is 0.161. The van der Waals surface area contributed by atoms with E-state index < -0.39 is 67.5 Å². The van der Waals surface area contributed by atoms with Crippen molar-refractivity contribution in [1.29, 1.82) is 0 Å². The molecule has 1 atom stereocenters. The molecule has 23 nitrogen and oxygen atoms in total. The monoisotopic (exact) mass is 1250 g/mol. The van der Waals surface area contributed by atoms with E-state index in [1.807, 2.05) is 36.4 Å². The first-order valence-electron chi connectivity index (χ1n) is 23.3. The number of halogens is 1. The molecular weight excluding hydrogens is 1200 g/mol. The summed E-state index contributed by atoms with van der Waals surface area (Å²) in [6, 6.07) is 36.0. The third-order valence-corrected chi connectivity index (χ3v) is 13.3. The number of hydrogen-bond donors (Lipinski definition) is 10. The number of anilines is 1. The van der Waals surface area contributed by atoms with E-state index >= 15 is 0 Å². The Morgan fingerprint density at radius 3 is 1.68 bits per heavy atom. The molecule has 0 saturated heterocycles. The number of aryl methyl sites for hydroxylation is 3. The first kappa shape index (κ1) is 65.7. The van der Waals surface area contributed by atoms with Crippen molar-refractivity contribution in [2.24, 2.45) is 0 Å². The number of sulfonamides is 1. The van der Waals surface area contributed by atoms with Crippen LogP contribution in [0, 0.1) is 34.5 Å². The third kappa shape index (κ3) is 19.4. The minimum Gasteiger partial charge on any atom is -0.507 e. The van der Waals surface area contributed by atoms with Crippen LogP contribution in [0.4, 0.5) is 11.4 Å². The summed E-state index contributed by atoms with van der Waals surface area (Å²) in [5, 5.41) is 91.6. The van der Waals surface area contributed by atoms with Gasteiger partial charge in [0.25, 0.3) is 10.0 Å². The maximum Gasteiger partial charge on any atom is 0.343 e. The van der Waals surface area contributed by atoms with Crippen molar-refractivity contribution in [3.63, 3.8) is 0 Å². The number of hydrogen-bond acceptors (Lipinski definition) is 16. The quantitative estimate of drug-likeness (QED) is 0.0244. The molecule has 0 aliphatic heterocycles. The number of aromatic hydroxyl groups is 4. The lowest BCUT2D eigenvalue weighted by molar-refractivity contribution is -0.386. The number of aliphatic carboxylic acids is 2. The van der Waals surface area contributed by atoms with Crippen LogP contribution in [0.1, 0.15) is 77.3 Å². The number of para-hydroxylation sites is 1. The Kier molecular flexibility index (Phi) is 24.7. The molecule has 428 valence electrons. The summed E-state index contributed by atoms with van der Waals surface area (Å²) in [5.41, 5.74) is 3.00. The number of ether oxygens (including phenoxy) is 3. The van der Waals surface area contributed by atoms with Crippen LogP contribution in [0.25, 0.3) is 0 Å². The topological polar surface area (TPSA) is 384 Å². The highest BCUT2D eigenvalue weighted by Gasteiger charge is 2.21. The maximum absolute atomic E-state index is 12.0. The predicted molar refractivity (Wildman–Crippen MR) is 302 cm³/mol. The number of nitro groups is 1. The van der Waals surface area contributed by atoms with Crippen molar-refractivity contribution in [2.45, 2.75) is 44.9 Å². The Balaban J connectivity index is 0.000000269. The summed E-state index contributed by atoms with van der Waals surface area (Å²) in [6.07, 6.45) is -0.308. The largest absolute Gasteiger partial charge is 0.507 e. The molecule has 0 radical (unpaired) electrons. The van der Waals surface area contributed by atoms with Crippen molar-refractivity contribution < 1.29 is 97.5 Å². The number of rotatable bonds is 16. The minimum absolute atomic E-state index is 0.0711. The fourth-order valence-electron chi connectivity index (χ4n) is 7.12. The zero-order valence-corrected chi connectivity index (χ0v) is 46.8. The third-order valence-electron chi connectivity index (χ3n) is 11.0. The van der Waals surface area contributed by atoms with Crippen molar-refractivity contribution in [2.75, 3.05) is 25.5 Å². The molecule has 0 aromatic heterocycles. The molecule has 0 aliphatic carbocycles. The second-order valence-electron chi connectivity index (χ2n) is 16.8. The Labute approximate surface area is 476 Å². The number of methoxy groups -OCH3 is 2. The molecular formula is C56H55IN2O21S. The molecule has 7 aromatic carbocycles. The van der Waals surface area contributed by atoms with Crippen LogP contribution in [0.2, 0.25) is 0 Å². The number of phenols is 4. The molecule has 10 N–H and O–H groups in total. The number of aromatic carboxylic acids is 3. The van der Waals surface area contributed by atoms with Gasteiger partial charge in [0.2, 0.25) is 5.75 Å². The number of carboxylic acids is 5. The molecule has 0 aliphatic rings. The van der Waals surface area contributed by atoms with E-state index in [0.717, 1.165) is 23.8 Å². The Morgan fingerprint density at radius 2 is 1.19 bits per heavy atom. The molecule has 0 heterocycles. The number of carboxylic acid groups (broad SMARTS) is 5. The van der Waals surface area contributed by atoms with Crippen LogP contribution in [0.5, 0.6) is 40.2 Å². The highest BCUT2D eigenvalue weighted by atomic mass is 127. The number of phenolic OH excluding ortho intramolecular Hbond substituents is 1. The van der Waals surface area contributed by atoms with Crippen LogP contribution in [0.3, 0.4) is 0 Å². The summed E-state index contributed by atoms with van der Waals surface area (Å²) in [6.45, 7) is 6.62. The van der Waals surface area contributed by atoms with E-state index in [-0.39, 0.29) is 61.3 Å². The average molecular weight is 1250 g/mol. The van der Waals surface area contributed by atoms with Gasteiger partial charge in [0, 0.05) is 29.7 Å². The molecule has 0 fully saturated rings. The molecule has 0 amide bonds. The van der Waals surface area contributed by atoms with E-state index in [1.54, 1.807) is 79.8 Å². The van der Waals surface area contributed by atoms with Gasteiger partial charge in [0.05, 0.1) is 39.7 Å². The summed E-state index contributed by atoms with van der Waals surface area (Å²) in [4.78, 5) is 63.1. The SMILES string of the molecule is CC(c1ccccc1)c1ccccc1OCC(=O)O.COc1cc(C)c(C(=O)O)c(OC)c1.Cc1cc(C)c(O)c(C(=O)O)c1O.O=C(O)Cc1cc(I)c(O)c([N+](=O)[O-])c1.O=C(O)c1ccc(NS(=O)(=O)c2ccccc2)cc1O. The van der Waals surface area contributed by atoms with Gasteiger partial charge < -0.3 is 60.2 Å². The number of benzene rings is 7. The molecule has 1 unspecified atom stereocenters. The van der Waals surface area contributed by atoms with Gasteiger partial charge in [-0.2, -0.15) is 0 Å². The van der Waals surface area contributed by atoms with Crippen LogP contribution in [0.15, 0.2) is 138 Å². The maximum atomic E-state index is 12.0. The van der Waals surface area contributed by atoms with Crippen LogP contribution < -0.4 is 18.9 Å². The zero-order chi connectivity index (χ0) is 60.9. The molecule has 81 heavy (non-hydrogen) atoms. The van der Waals surface area contributed by atoms with E-state index in [2.05, 4.69) is 23.8 Å². The molecule has 25 heteroatoms. The number of nitrogens with one attached hydrogen (secondary N) is 1. The van der Waals surface area contributed by atoms with Gasteiger partial charge in [-0.05, 0) is 120 Å². The lowest BCUT2D eigenvalue weighted by atomic mass is 9.92. The lowest BCUT2D eigenvalue weighted by Crippen LogP contribution is -2.12. The second kappa shape index (κ2) is 30.5. The van der Waals surface area contributed by atoms with Gasteiger partial charge in [-0.3, -0.25) is 19.6 Å². The summed E-state index contributed by atoms with van der Waals surface area (Å²) in [7, 11) is -0.818. The predicted octanol–water partition coefficient (Wildman–Crippen LogP) is 9.85. The Bertz CT molecular complexity index is 3480. The standard InChI is InChI=1S/C16H16O3.C13H11NO5S.C10H12O4.C9H10O4.C8H6INO5/c1-12(13-7-3-2-4-8-13)14-9-5-6-10-15(14)19-11-16(17)18;15-12-8-9(6-7-11(12)13(16)17)14-20(18,19)10-4-2-1-3-5-10;1-6-4-7(13-2)5-8(14-3)9(6)10(11)12;1-4-3-5(2)8(11)6(7(4)10)9(12)13;9-5-1-4(3-7(11)12)2-6(8(5)13)10(14)15/h2-10,12H,11H2,1H3,(H,17,18);1-8,14-15H,(H,16,17);4-5H,1-3H3,(H,11,12);3,10-11H,1-2H3,(H,12,13);1-2,13H,3H2,(H,11,12). The van der Waals surface area contributed by atoms with Crippen LogP contribution in [-0.4, -0.2) is 110 Å². The number of nitrogens with zero attached hydrogens (tertiary/aromatic N) is 1. The fourth-order valence-corrected chi connectivity index (χ4v) is 8.87. The van der Waals surface area contributed by atoms with Crippen molar-refractivity contribution in [3.05, 3.63) is 197 Å². The summed E-state index contributed by atoms with van der Waals surface area (Å²) < 4.78 is 41.9. The van der Waals surface area contributed by atoms with Gasteiger partial charge in [0.1, 0.15) is 51.2 Å². The first-order chi connectivity index (χ1) is 38.0. The number of carbonyl (C=O) groups is 5. The average Bonchev–Trinajstić information content (AvgIpc) is 3.41. The Morgan fingerprint density at radius 1 is 0.630 bits per heavy atom. The van der Waals surface area contributed by atoms with Crippen LogP contribution >= 0.6 is 22.6 Å². The van der Waals surface area contributed by atoms with E-state index in [4.69, 9.17) is 39.7 Å². The normalized spacial score (nSPS) is 10.6. The molecule has 7 rings (SSSR count). The number of nitro benzene ring substituents is 1. The molecule has 0 saturated carbocycles. The van der Waals surface area contributed by atoms with Crippen molar-refractivity contribution >= 4 is 73.8 Å². The summed E-state index contributed by atoms with van der Waals surface area (Å²) in [5.74, 6) is -5.69. The van der Waals surface area contributed by atoms with Crippen molar-refractivity contribution in [3.8, 4) is 40.2 Å². The van der Waals surface area contributed by atoms with Crippen molar-refractivity contribution in [1.82, 2.24) is 0 Å². The van der Waals surface area contributed by atoms with E-state index in [1.165, 1.54) is 50.1 Å².